The number of thiophene rings is 1. The van der Waals surface area contributed by atoms with E-state index in [1.165, 1.54) is 4.88 Å². The predicted molar refractivity (Wildman–Crippen MR) is 87.5 cm³/mol. The summed E-state index contributed by atoms with van der Waals surface area (Å²) in [5.74, 6) is 0. The molecular formula is C17H15N3S. The van der Waals surface area contributed by atoms with Gasteiger partial charge in [-0.05, 0) is 24.4 Å². The van der Waals surface area contributed by atoms with Crippen LogP contribution in [-0.2, 0) is 6.54 Å². The van der Waals surface area contributed by atoms with Gasteiger partial charge in [0.1, 0.15) is 6.07 Å². The quantitative estimate of drug-likeness (QED) is 0.724. The van der Waals surface area contributed by atoms with Gasteiger partial charge in [-0.3, -0.25) is 4.98 Å². The molecule has 0 amide bonds. The molecule has 2 heterocycles. The monoisotopic (exact) mass is 293 g/mol. The lowest BCUT2D eigenvalue weighted by atomic mass is 10.1. The normalized spacial score (nSPS) is 10.5. The number of aromatic nitrogens is 1. The number of para-hydroxylation sites is 1. The van der Waals surface area contributed by atoms with Crippen molar-refractivity contribution in [1.82, 2.24) is 4.98 Å². The van der Waals surface area contributed by atoms with E-state index >= 15 is 0 Å². The Balaban J connectivity index is 2.14. The zero-order valence-corrected chi connectivity index (χ0v) is 12.6. The molecule has 0 saturated heterocycles. The van der Waals surface area contributed by atoms with Crippen LogP contribution in [0.25, 0.3) is 10.9 Å². The summed E-state index contributed by atoms with van der Waals surface area (Å²) in [4.78, 5) is 7.92. The number of nitriles is 1. The fourth-order valence-corrected chi connectivity index (χ4v) is 3.21. The molecule has 0 radical (unpaired) electrons. The van der Waals surface area contributed by atoms with Crippen molar-refractivity contribution in [2.45, 2.75) is 13.5 Å². The van der Waals surface area contributed by atoms with Crippen molar-refractivity contribution in [3.8, 4) is 6.07 Å². The predicted octanol–water partition coefficient (Wildman–Crippen LogP) is 4.19. The Labute approximate surface area is 128 Å². The maximum absolute atomic E-state index is 9.43. The summed E-state index contributed by atoms with van der Waals surface area (Å²) < 4.78 is 0. The van der Waals surface area contributed by atoms with Crippen LogP contribution in [0.3, 0.4) is 0 Å². The summed E-state index contributed by atoms with van der Waals surface area (Å²) in [7, 11) is 0. The van der Waals surface area contributed by atoms with E-state index in [1.54, 1.807) is 17.5 Å². The fourth-order valence-electron chi connectivity index (χ4n) is 2.49. The van der Waals surface area contributed by atoms with Gasteiger partial charge in [-0.25, -0.2) is 0 Å². The SMILES string of the molecule is CCN(Cc1cccs1)c1c(C#N)cnc2ccccc12. The minimum absolute atomic E-state index is 0.632. The molecular weight excluding hydrogens is 278 g/mol. The summed E-state index contributed by atoms with van der Waals surface area (Å²) in [6.07, 6.45) is 1.68. The van der Waals surface area contributed by atoms with Crippen molar-refractivity contribution in [3.05, 3.63) is 58.4 Å². The van der Waals surface area contributed by atoms with Gasteiger partial charge in [0, 0.05) is 23.0 Å². The van der Waals surface area contributed by atoms with Crippen LogP contribution in [0.1, 0.15) is 17.4 Å². The van der Waals surface area contributed by atoms with Crippen LogP contribution in [0.2, 0.25) is 0 Å². The average Bonchev–Trinajstić information content (AvgIpc) is 3.04. The molecule has 0 saturated carbocycles. The Morgan fingerprint density at radius 2 is 2.10 bits per heavy atom. The van der Waals surface area contributed by atoms with Gasteiger partial charge in [0.05, 0.1) is 23.3 Å². The number of nitrogens with zero attached hydrogens (tertiary/aromatic N) is 3. The van der Waals surface area contributed by atoms with E-state index in [1.807, 2.05) is 24.3 Å². The zero-order valence-electron chi connectivity index (χ0n) is 11.8. The third-order valence-corrected chi connectivity index (χ3v) is 4.35. The second kappa shape index (κ2) is 5.94. The molecule has 0 spiro atoms. The van der Waals surface area contributed by atoms with Gasteiger partial charge in [0.2, 0.25) is 0 Å². The maximum atomic E-state index is 9.43. The van der Waals surface area contributed by atoms with Crippen LogP contribution in [0.5, 0.6) is 0 Å². The smallest absolute Gasteiger partial charge is 0.103 e. The van der Waals surface area contributed by atoms with Gasteiger partial charge in [0.25, 0.3) is 0 Å². The molecule has 0 aliphatic carbocycles. The topological polar surface area (TPSA) is 39.9 Å². The molecule has 3 rings (SSSR count). The molecule has 0 unspecified atom stereocenters. The van der Waals surface area contributed by atoms with Crippen LogP contribution < -0.4 is 4.90 Å². The number of rotatable bonds is 4. The fraction of sp³-hybridized carbons (Fsp3) is 0.176. The third kappa shape index (κ3) is 2.61. The molecule has 1 aromatic carbocycles. The minimum Gasteiger partial charge on any atom is -0.365 e. The lowest BCUT2D eigenvalue weighted by molar-refractivity contribution is 0.844. The molecule has 3 nitrogen and oxygen atoms in total. The van der Waals surface area contributed by atoms with E-state index in [0.717, 1.165) is 29.7 Å². The van der Waals surface area contributed by atoms with E-state index in [2.05, 4.69) is 40.4 Å². The molecule has 2 aromatic heterocycles. The minimum atomic E-state index is 0.632. The molecule has 104 valence electrons. The highest BCUT2D eigenvalue weighted by Gasteiger charge is 2.15. The summed E-state index contributed by atoms with van der Waals surface area (Å²) in [6, 6.07) is 14.5. The van der Waals surface area contributed by atoms with Crippen LogP contribution in [0, 0.1) is 11.3 Å². The third-order valence-electron chi connectivity index (χ3n) is 3.49. The van der Waals surface area contributed by atoms with Crippen molar-refractivity contribution in [1.29, 1.82) is 5.26 Å². The van der Waals surface area contributed by atoms with Gasteiger partial charge in [0.15, 0.2) is 0 Å². The summed E-state index contributed by atoms with van der Waals surface area (Å²) in [6.45, 7) is 3.78. The molecule has 0 bridgehead atoms. The van der Waals surface area contributed by atoms with Crippen molar-refractivity contribution in [2.75, 3.05) is 11.4 Å². The number of fused-ring (bicyclic) bond motifs is 1. The van der Waals surface area contributed by atoms with E-state index < -0.39 is 0 Å². The Morgan fingerprint density at radius 3 is 2.81 bits per heavy atom. The van der Waals surface area contributed by atoms with Gasteiger partial charge in [-0.15, -0.1) is 11.3 Å². The highest BCUT2D eigenvalue weighted by molar-refractivity contribution is 7.09. The Hall–Kier alpha value is -2.38. The van der Waals surface area contributed by atoms with Crippen LogP contribution in [0.15, 0.2) is 48.0 Å². The first-order chi connectivity index (χ1) is 10.3. The Morgan fingerprint density at radius 1 is 1.24 bits per heavy atom. The first-order valence-corrected chi connectivity index (χ1v) is 7.76. The van der Waals surface area contributed by atoms with Crippen molar-refractivity contribution in [3.63, 3.8) is 0 Å². The molecule has 4 heteroatoms. The van der Waals surface area contributed by atoms with E-state index in [-0.39, 0.29) is 0 Å². The second-order valence-corrected chi connectivity index (χ2v) is 5.78. The van der Waals surface area contributed by atoms with Gasteiger partial charge in [-0.2, -0.15) is 5.26 Å². The van der Waals surface area contributed by atoms with E-state index in [0.29, 0.717) is 5.56 Å². The Bertz CT molecular complexity index is 787. The van der Waals surface area contributed by atoms with Crippen molar-refractivity contribution >= 4 is 27.9 Å². The lowest BCUT2D eigenvalue weighted by Gasteiger charge is -2.25. The maximum Gasteiger partial charge on any atom is 0.103 e. The highest BCUT2D eigenvalue weighted by atomic mass is 32.1. The van der Waals surface area contributed by atoms with Crippen molar-refractivity contribution < 1.29 is 0 Å². The van der Waals surface area contributed by atoms with E-state index in [4.69, 9.17) is 0 Å². The van der Waals surface area contributed by atoms with Crippen LogP contribution >= 0.6 is 11.3 Å². The standard InChI is InChI=1S/C17H15N3S/c1-2-20(12-14-6-5-9-21-14)17-13(10-18)11-19-16-8-4-3-7-15(16)17/h3-9,11H,2,12H2,1H3. The van der Waals surface area contributed by atoms with E-state index in [9.17, 15) is 5.26 Å². The van der Waals surface area contributed by atoms with Gasteiger partial charge < -0.3 is 4.90 Å². The number of pyridine rings is 1. The lowest BCUT2D eigenvalue weighted by Crippen LogP contribution is -2.23. The average molecular weight is 293 g/mol. The number of hydrogen-bond acceptors (Lipinski definition) is 4. The number of benzene rings is 1. The highest BCUT2D eigenvalue weighted by Crippen LogP contribution is 2.30. The molecule has 0 N–H and O–H groups in total. The van der Waals surface area contributed by atoms with Crippen LogP contribution in [0.4, 0.5) is 5.69 Å². The Kier molecular flexibility index (Phi) is 3.85. The molecule has 3 aromatic rings. The van der Waals surface area contributed by atoms with Crippen molar-refractivity contribution in [2.24, 2.45) is 0 Å². The molecule has 0 atom stereocenters. The van der Waals surface area contributed by atoms with Crippen LogP contribution in [-0.4, -0.2) is 11.5 Å². The summed E-state index contributed by atoms with van der Waals surface area (Å²) in [5.41, 5.74) is 2.54. The largest absolute Gasteiger partial charge is 0.365 e. The van der Waals surface area contributed by atoms with Gasteiger partial charge >= 0.3 is 0 Å². The molecule has 0 aliphatic heterocycles. The van der Waals surface area contributed by atoms with Gasteiger partial charge in [-0.1, -0.05) is 24.3 Å². The second-order valence-electron chi connectivity index (χ2n) is 4.74. The number of hydrogen-bond donors (Lipinski definition) is 0. The first-order valence-electron chi connectivity index (χ1n) is 6.88. The molecule has 0 fully saturated rings. The summed E-state index contributed by atoms with van der Waals surface area (Å²) in [5, 5.41) is 12.6. The zero-order chi connectivity index (χ0) is 14.7. The number of anilines is 1. The molecule has 0 aliphatic rings. The molecule has 21 heavy (non-hydrogen) atoms. The first kappa shape index (κ1) is 13.6. The summed E-state index contributed by atoms with van der Waals surface area (Å²) >= 11 is 1.74.